The van der Waals surface area contributed by atoms with Crippen molar-refractivity contribution in [2.24, 2.45) is 0 Å². The normalized spacial score (nSPS) is 12.2. The molecule has 0 aliphatic carbocycles. The van der Waals surface area contributed by atoms with Crippen LogP contribution in [0.15, 0.2) is 81.6 Å². The van der Waals surface area contributed by atoms with Crippen molar-refractivity contribution in [2.45, 2.75) is 0 Å². The fraction of sp³-hybridized carbons (Fsp3) is 0. The van der Waals surface area contributed by atoms with Crippen LogP contribution in [-0.4, -0.2) is 0 Å². The molecule has 6 aromatic rings. The smallest absolute Gasteiger partial charge is 0.136 e. The van der Waals surface area contributed by atoms with Crippen molar-refractivity contribution in [1.82, 2.24) is 0 Å². The summed E-state index contributed by atoms with van der Waals surface area (Å²) in [7, 11) is 0. The number of hydrogen-bond donors (Lipinski definition) is 0. The number of benzene rings is 4. The first kappa shape index (κ1) is 12.2. The molecule has 0 N–H and O–H groups in total. The molecule has 0 aliphatic rings. The van der Waals surface area contributed by atoms with Gasteiger partial charge < -0.3 is 8.83 Å². The topological polar surface area (TPSA) is 26.3 Å². The van der Waals surface area contributed by atoms with Gasteiger partial charge in [-0.05, 0) is 47.2 Å². The molecule has 2 heteroatoms. The Morgan fingerprint density at radius 3 is 1.42 bits per heavy atom. The van der Waals surface area contributed by atoms with E-state index in [9.17, 15) is 0 Å². The molecule has 0 saturated carbocycles. The maximum absolute atomic E-state index is 6.00. The number of furan rings is 2. The second-order valence-electron chi connectivity index (χ2n) is 6.24. The summed E-state index contributed by atoms with van der Waals surface area (Å²) in [6.07, 6.45) is 0. The van der Waals surface area contributed by atoms with Gasteiger partial charge in [-0.3, -0.25) is 0 Å². The fourth-order valence-electron chi connectivity index (χ4n) is 3.69. The van der Waals surface area contributed by atoms with Gasteiger partial charge in [-0.25, -0.2) is 0 Å². The van der Waals surface area contributed by atoms with E-state index in [1.165, 1.54) is 5.39 Å². The second kappa shape index (κ2) is 4.18. The van der Waals surface area contributed by atoms with Crippen LogP contribution in [0.3, 0.4) is 0 Å². The van der Waals surface area contributed by atoms with Crippen molar-refractivity contribution in [3.05, 3.63) is 72.8 Å². The zero-order valence-electron chi connectivity index (χ0n) is 12.7. The lowest BCUT2D eigenvalue weighted by molar-refractivity contribution is 0.668. The monoisotopic (exact) mass is 308 g/mol. The summed E-state index contributed by atoms with van der Waals surface area (Å²) in [6, 6.07) is 25.0. The van der Waals surface area contributed by atoms with Gasteiger partial charge >= 0.3 is 0 Å². The van der Waals surface area contributed by atoms with Crippen LogP contribution < -0.4 is 0 Å². The lowest BCUT2D eigenvalue weighted by Gasteiger charge is -1.99. The van der Waals surface area contributed by atoms with E-state index in [1.54, 1.807) is 0 Å². The van der Waals surface area contributed by atoms with E-state index in [2.05, 4.69) is 36.4 Å². The Morgan fingerprint density at radius 1 is 0.417 bits per heavy atom. The third-order valence-electron chi connectivity index (χ3n) is 4.83. The van der Waals surface area contributed by atoms with E-state index >= 15 is 0 Å². The number of hydrogen-bond acceptors (Lipinski definition) is 2. The Kier molecular flexibility index (Phi) is 2.12. The van der Waals surface area contributed by atoms with Gasteiger partial charge in [0.25, 0.3) is 0 Å². The average molecular weight is 308 g/mol. The Bertz CT molecular complexity index is 1290. The van der Waals surface area contributed by atoms with Crippen LogP contribution in [0.2, 0.25) is 0 Å². The van der Waals surface area contributed by atoms with Crippen LogP contribution in [0.1, 0.15) is 0 Å². The minimum Gasteiger partial charge on any atom is -0.456 e. The van der Waals surface area contributed by atoms with Crippen LogP contribution in [0, 0.1) is 0 Å². The molecule has 0 amide bonds. The summed E-state index contributed by atoms with van der Waals surface area (Å²) in [6.45, 7) is 0. The minimum absolute atomic E-state index is 0.916. The molecule has 0 aliphatic heterocycles. The van der Waals surface area contributed by atoms with Crippen molar-refractivity contribution in [1.29, 1.82) is 0 Å². The van der Waals surface area contributed by atoms with Crippen molar-refractivity contribution in [3.63, 3.8) is 0 Å². The molecule has 6 rings (SSSR count). The molecule has 0 saturated heterocycles. The zero-order chi connectivity index (χ0) is 15.7. The number of para-hydroxylation sites is 2. The van der Waals surface area contributed by atoms with Gasteiger partial charge in [0.1, 0.15) is 22.3 Å². The molecule has 0 unspecified atom stereocenters. The highest BCUT2D eigenvalue weighted by Gasteiger charge is 2.11. The molecule has 0 bridgehead atoms. The predicted molar refractivity (Wildman–Crippen MR) is 98.5 cm³/mol. The summed E-state index contributed by atoms with van der Waals surface area (Å²) < 4.78 is 12.0. The quantitative estimate of drug-likeness (QED) is 0.314. The molecule has 2 nitrogen and oxygen atoms in total. The standard InChI is InChI=1S/C22H12O2/c1-3-7-19-15(5-1)17-9-13-10-18-16-6-2-4-8-20(16)24-22(18)12-14(13)11-21(17)23-19/h1-12H. The fourth-order valence-corrected chi connectivity index (χ4v) is 3.69. The zero-order valence-corrected chi connectivity index (χ0v) is 12.7. The summed E-state index contributed by atoms with van der Waals surface area (Å²) in [5.41, 5.74) is 3.69. The maximum Gasteiger partial charge on any atom is 0.136 e. The van der Waals surface area contributed by atoms with E-state index < -0.39 is 0 Å². The summed E-state index contributed by atoms with van der Waals surface area (Å²) in [5.74, 6) is 0. The molecule has 2 aromatic heterocycles. The van der Waals surface area contributed by atoms with Crippen molar-refractivity contribution in [2.75, 3.05) is 0 Å². The van der Waals surface area contributed by atoms with E-state index in [1.807, 2.05) is 36.4 Å². The molecule has 2 heterocycles. The van der Waals surface area contributed by atoms with Gasteiger partial charge in [0, 0.05) is 21.5 Å². The van der Waals surface area contributed by atoms with E-state index in [0.29, 0.717) is 0 Å². The molecule has 0 spiro atoms. The van der Waals surface area contributed by atoms with Gasteiger partial charge in [0.05, 0.1) is 0 Å². The first-order valence-electron chi connectivity index (χ1n) is 8.03. The first-order valence-corrected chi connectivity index (χ1v) is 8.03. The first-order chi connectivity index (χ1) is 11.9. The van der Waals surface area contributed by atoms with Crippen LogP contribution in [-0.2, 0) is 0 Å². The van der Waals surface area contributed by atoms with E-state index in [-0.39, 0.29) is 0 Å². The molecule has 4 aromatic carbocycles. The molecular formula is C22H12O2. The van der Waals surface area contributed by atoms with Crippen LogP contribution in [0.5, 0.6) is 0 Å². The SMILES string of the molecule is c1ccc2c(c1)oc1cc3cc4oc5ccccc5c4cc3cc12. The van der Waals surface area contributed by atoms with Crippen molar-refractivity contribution >= 4 is 54.6 Å². The maximum atomic E-state index is 6.00. The molecule has 0 fully saturated rings. The van der Waals surface area contributed by atoms with E-state index in [4.69, 9.17) is 8.83 Å². The van der Waals surface area contributed by atoms with Gasteiger partial charge in [-0.2, -0.15) is 0 Å². The highest BCUT2D eigenvalue weighted by atomic mass is 16.3. The van der Waals surface area contributed by atoms with Gasteiger partial charge in [0.2, 0.25) is 0 Å². The summed E-state index contributed by atoms with van der Waals surface area (Å²) in [5, 5.41) is 6.97. The third kappa shape index (κ3) is 1.50. The third-order valence-corrected chi connectivity index (χ3v) is 4.83. The molecule has 112 valence electrons. The Hall–Kier alpha value is -3.26. The molecule has 0 radical (unpaired) electrons. The van der Waals surface area contributed by atoms with Crippen LogP contribution in [0.25, 0.3) is 54.6 Å². The van der Waals surface area contributed by atoms with Gasteiger partial charge in [-0.1, -0.05) is 36.4 Å². The lowest BCUT2D eigenvalue weighted by atomic mass is 10.0. The molecule has 0 atom stereocenters. The highest BCUT2D eigenvalue weighted by molar-refractivity contribution is 6.14. The van der Waals surface area contributed by atoms with Crippen LogP contribution in [0.4, 0.5) is 0 Å². The number of fused-ring (bicyclic) bond motifs is 7. The van der Waals surface area contributed by atoms with Crippen molar-refractivity contribution < 1.29 is 8.83 Å². The van der Waals surface area contributed by atoms with Crippen molar-refractivity contribution in [3.8, 4) is 0 Å². The van der Waals surface area contributed by atoms with Gasteiger partial charge in [0.15, 0.2) is 0 Å². The lowest BCUT2D eigenvalue weighted by Crippen LogP contribution is -1.74. The predicted octanol–water partition coefficient (Wildman–Crippen LogP) is 6.64. The summed E-state index contributed by atoms with van der Waals surface area (Å²) in [4.78, 5) is 0. The molecule has 24 heavy (non-hydrogen) atoms. The van der Waals surface area contributed by atoms with Gasteiger partial charge in [-0.15, -0.1) is 0 Å². The second-order valence-corrected chi connectivity index (χ2v) is 6.24. The number of rotatable bonds is 0. The van der Waals surface area contributed by atoms with Crippen LogP contribution >= 0.6 is 0 Å². The Balaban J connectivity index is 1.81. The Morgan fingerprint density at radius 2 is 0.875 bits per heavy atom. The largest absolute Gasteiger partial charge is 0.456 e. The average Bonchev–Trinajstić information content (AvgIpc) is 3.15. The van der Waals surface area contributed by atoms with E-state index in [0.717, 1.165) is 49.3 Å². The highest BCUT2D eigenvalue weighted by Crippen LogP contribution is 2.36. The Labute approximate surface area is 136 Å². The minimum atomic E-state index is 0.916. The molecular weight excluding hydrogens is 296 g/mol. The summed E-state index contributed by atoms with van der Waals surface area (Å²) >= 11 is 0.